The van der Waals surface area contributed by atoms with Crippen LogP contribution in [0.25, 0.3) is 0 Å². The van der Waals surface area contributed by atoms with Crippen LogP contribution in [0.15, 0.2) is 29.3 Å². The molecule has 16 heavy (non-hydrogen) atoms. The largest absolute Gasteiger partial charge is 0.397 e. The highest BCUT2D eigenvalue weighted by Crippen LogP contribution is 2.35. The topological polar surface area (TPSA) is 38.4 Å². The van der Waals surface area contributed by atoms with Gasteiger partial charge in [0, 0.05) is 10.5 Å². The second-order valence-electron chi connectivity index (χ2n) is 4.77. The molecule has 1 aliphatic heterocycles. The highest BCUT2D eigenvalue weighted by Gasteiger charge is 2.25. The van der Waals surface area contributed by atoms with Gasteiger partial charge in [-0.1, -0.05) is 26.0 Å². The van der Waals surface area contributed by atoms with Gasteiger partial charge in [-0.05, 0) is 30.7 Å². The molecular weight excluding hydrogens is 216 g/mol. The van der Waals surface area contributed by atoms with Crippen molar-refractivity contribution in [2.45, 2.75) is 31.4 Å². The Morgan fingerprint density at radius 2 is 2.06 bits per heavy atom. The van der Waals surface area contributed by atoms with Crippen molar-refractivity contribution < 1.29 is 0 Å². The lowest BCUT2D eigenvalue weighted by Gasteiger charge is -2.29. The van der Waals surface area contributed by atoms with Crippen molar-refractivity contribution in [2.24, 2.45) is 4.99 Å². The summed E-state index contributed by atoms with van der Waals surface area (Å²) in [6.45, 7) is 4.56. The molecule has 2 nitrogen and oxygen atoms in total. The van der Waals surface area contributed by atoms with Crippen molar-refractivity contribution in [3.8, 4) is 0 Å². The molecule has 0 saturated carbocycles. The van der Waals surface area contributed by atoms with Crippen molar-refractivity contribution in [2.75, 3.05) is 11.5 Å². The molecule has 86 valence electrons. The first-order valence-corrected chi connectivity index (χ1v) is 6.60. The molecule has 0 bridgehead atoms. The van der Waals surface area contributed by atoms with Crippen molar-refractivity contribution in [1.82, 2.24) is 0 Å². The molecular formula is C13H18N2S. The average Bonchev–Trinajstić information content (AvgIpc) is 2.20. The maximum atomic E-state index is 5.89. The number of rotatable bonds is 1. The van der Waals surface area contributed by atoms with Crippen LogP contribution in [0.5, 0.6) is 0 Å². The predicted octanol–water partition coefficient (Wildman–Crippen LogP) is 3.65. The average molecular weight is 234 g/mol. The van der Waals surface area contributed by atoms with Crippen LogP contribution < -0.4 is 5.73 Å². The number of para-hydroxylation sites is 2. The maximum Gasteiger partial charge on any atom is 0.0858 e. The van der Waals surface area contributed by atoms with Gasteiger partial charge in [-0.15, -0.1) is 0 Å². The number of nitrogen functional groups attached to an aromatic ring is 1. The van der Waals surface area contributed by atoms with Crippen molar-refractivity contribution in [3.63, 3.8) is 0 Å². The molecule has 1 aromatic rings. The lowest BCUT2D eigenvalue weighted by atomic mass is 10.0. The van der Waals surface area contributed by atoms with Gasteiger partial charge in [0.2, 0.25) is 0 Å². The maximum absolute atomic E-state index is 5.89. The summed E-state index contributed by atoms with van der Waals surface area (Å²) in [4.78, 5) is 4.69. The minimum Gasteiger partial charge on any atom is -0.397 e. The smallest absolute Gasteiger partial charge is 0.0858 e. The first kappa shape index (κ1) is 11.5. The minimum atomic E-state index is 0.320. The molecule has 2 N–H and O–H groups in total. The number of anilines is 1. The molecule has 0 radical (unpaired) electrons. The number of benzene rings is 1. The van der Waals surface area contributed by atoms with Crippen LogP contribution in [-0.4, -0.2) is 16.2 Å². The molecule has 2 rings (SSSR count). The van der Waals surface area contributed by atoms with Crippen LogP contribution in [0.3, 0.4) is 0 Å². The van der Waals surface area contributed by atoms with Gasteiger partial charge in [-0.2, -0.15) is 11.8 Å². The quantitative estimate of drug-likeness (QED) is 0.753. The van der Waals surface area contributed by atoms with Crippen LogP contribution >= 0.6 is 11.8 Å². The van der Waals surface area contributed by atoms with E-state index in [-0.39, 0.29) is 0 Å². The standard InChI is InChI=1S/C13H18N2S/c1-13(2)9-10(7-8-16-13)15-12-6-4-3-5-11(12)14/h3-6H,7-9,14H2,1-2H3. The van der Waals surface area contributed by atoms with Gasteiger partial charge in [-0.25, -0.2) is 0 Å². The molecule has 0 aromatic heterocycles. The van der Waals surface area contributed by atoms with E-state index in [1.54, 1.807) is 0 Å². The second-order valence-corrected chi connectivity index (χ2v) is 6.57. The molecule has 1 heterocycles. The van der Waals surface area contributed by atoms with E-state index in [1.807, 2.05) is 36.0 Å². The number of thioether (sulfide) groups is 1. The summed E-state index contributed by atoms with van der Waals surface area (Å²) in [6, 6.07) is 7.82. The van der Waals surface area contributed by atoms with Crippen LogP contribution in [-0.2, 0) is 0 Å². The van der Waals surface area contributed by atoms with Crippen molar-refractivity contribution >= 4 is 28.8 Å². The molecule has 0 spiro atoms. The Balaban J connectivity index is 2.21. The van der Waals surface area contributed by atoms with Crippen LogP contribution in [0, 0.1) is 0 Å². The molecule has 1 saturated heterocycles. The summed E-state index contributed by atoms with van der Waals surface area (Å²) < 4.78 is 0.320. The van der Waals surface area contributed by atoms with E-state index in [0.717, 1.165) is 24.2 Å². The molecule has 1 aromatic carbocycles. The summed E-state index contributed by atoms with van der Waals surface area (Å²) >= 11 is 2.03. The zero-order chi connectivity index (χ0) is 11.6. The fraction of sp³-hybridized carbons (Fsp3) is 0.462. The van der Waals surface area contributed by atoms with E-state index in [4.69, 9.17) is 10.7 Å². The van der Waals surface area contributed by atoms with Gasteiger partial charge in [0.15, 0.2) is 0 Å². The van der Waals surface area contributed by atoms with Gasteiger partial charge in [0.1, 0.15) is 0 Å². The predicted molar refractivity (Wildman–Crippen MR) is 73.7 cm³/mol. The summed E-state index contributed by atoms with van der Waals surface area (Å²) in [6.07, 6.45) is 2.15. The first-order chi connectivity index (χ1) is 7.57. The second kappa shape index (κ2) is 4.50. The lowest BCUT2D eigenvalue weighted by molar-refractivity contribution is 0.728. The Morgan fingerprint density at radius 3 is 2.75 bits per heavy atom. The Morgan fingerprint density at radius 1 is 1.31 bits per heavy atom. The van der Waals surface area contributed by atoms with Gasteiger partial charge in [0.05, 0.1) is 11.4 Å². The van der Waals surface area contributed by atoms with E-state index in [2.05, 4.69) is 13.8 Å². The van der Waals surface area contributed by atoms with Crippen LogP contribution in [0.1, 0.15) is 26.7 Å². The first-order valence-electron chi connectivity index (χ1n) is 5.62. The monoisotopic (exact) mass is 234 g/mol. The van der Waals surface area contributed by atoms with E-state index < -0.39 is 0 Å². The van der Waals surface area contributed by atoms with Gasteiger partial charge in [0.25, 0.3) is 0 Å². The fourth-order valence-corrected chi connectivity index (χ4v) is 3.09. The van der Waals surface area contributed by atoms with Crippen LogP contribution in [0.4, 0.5) is 11.4 Å². The summed E-state index contributed by atoms with van der Waals surface area (Å²) in [7, 11) is 0. The van der Waals surface area contributed by atoms with Crippen LogP contribution in [0.2, 0.25) is 0 Å². The Hall–Kier alpha value is -0.960. The third-order valence-electron chi connectivity index (χ3n) is 2.73. The number of nitrogens with two attached hydrogens (primary N) is 1. The van der Waals surface area contributed by atoms with Gasteiger partial charge >= 0.3 is 0 Å². The molecule has 1 aliphatic rings. The fourth-order valence-electron chi connectivity index (χ4n) is 1.93. The number of hydrogen-bond acceptors (Lipinski definition) is 3. The molecule has 0 atom stereocenters. The van der Waals surface area contributed by atoms with Crippen molar-refractivity contribution in [3.05, 3.63) is 24.3 Å². The van der Waals surface area contributed by atoms with E-state index in [9.17, 15) is 0 Å². The zero-order valence-corrected chi connectivity index (χ0v) is 10.7. The Labute approximate surface area is 101 Å². The third-order valence-corrected chi connectivity index (χ3v) is 4.06. The Bertz CT molecular complexity index is 410. The third kappa shape index (κ3) is 2.79. The zero-order valence-electron chi connectivity index (χ0n) is 9.86. The van der Waals surface area contributed by atoms with E-state index in [0.29, 0.717) is 4.75 Å². The molecule has 1 fully saturated rings. The van der Waals surface area contributed by atoms with E-state index >= 15 is 0 Å². The number of nitrogens with zero attached hydrogens (tertiary/aromatic N) is 1. The normalized spacial score (nSPS) is 22.2. The molecule has 0 unspecified atom stereocenters. The summed E-state index contributed by atoms with van der Waals surface area (Å²) in [5, 5.41) is 0. The highest BCUT2D eigenvalue weighted by molar-refractivity contribution is 8.00. The molecule has 3 heteroatoms. The SMILES string of the molecule is CC1(C)CC(=Nc2ccccc2N)CCS1. The van der Waals surface area contributed by atoms with Gasteiger partial charge < -0.3 is 5.73 Å². The van der Waals surface area contributed by atoms with E-state index in [1.165, 1.54) is 11.5 Å². The minimum absolute atomic E-state index is 0.320. The molecule has 0 aliphatic carbocycles. The number of aliphatic imine (C=N–C) groups is 1. The Kier molecular flexibility index (Phi) is 3.24. The van der Waals surface area contributed by atoms with Gasteiger partial charge in [-0.3, -0.25) is 4.99 Å². The number of hydrogen-bond donors (Lipinski definition) is 1. The summed E-state index contributed by atoms with van der Waals surface area (Å²) in [5.41, 5.74) is 8.86. The highest BCUT2D eigenvalue weighted by atomic mass is 32.2. The lowest BCUT2D eigenvalue weighted by Crippen LogP contribution is -2.26. The summed E-state index contributed by atoms with van der Waals surface area (Å²) in [5.74, 6) is 1.17. The molecule has 0 amide bonds. The van der Waals surface area contributed by atoms with Crippen molar-refractivity contribution in [1.29, 1.82) is 0 Å².